The van der Waals surface area contributed by atoms with Crippen LogP contribution in [0.25, 0.3) is 0 Å². The van der Waals surface area contributed by atoms with E-state index in [-0.39, 0.29) is 5.69 Å². The van der Waals surface area contributed by atoms with Crippen LogP contribution in [0.15, 0.2) is 12.1 Å². The number of hydrogen-bond donors (Lipinski definition) is 1. The van der Waals surface area contributed by atoms with Crippen molar-refractivity contribution >= 4 is 11.7 Å². The van der Waals surface area contributed by atoms with Crippen molar-refractivity contribution in [3.63, 3.8) is 0 Å². The topological polar surface area (TPSA) is 41.6 Å². The van der Waals surface area contributed by atoms with Crippen molar-refractivity contribution in [2.45, 2.75) is 19.3 Å². The fourth-order valence-corrected chi connectivity index (χ4v) is 2.49. The quantitative estimate of drug-likeness (QED) is 0.647. The molecule has 1 aromatic carbocycles. The third kappa shape index (κ3) is 3.91. The average molecular weight is 298 g/mol. The SMILES string of the molecule is COC(=O)c1ccc(NCCCN2CCCC2)c(F)c1F. The van der Waals surface area contributed by atoms with Gasteiger partial charge in [-0.1, -0.05) is 0 Å². The monoisotopic (exact) mass is 298 g/mol. The number of halogens is 2. The Hall–Kier alpha value is -1.69. The molecule has 1 aromatic rings. The minimum Gasteiger partial charge on any atom is -0.465 e. The van der Waals surface area contributed by atoms with Crippen molar-refractivity contribution in [1.29, 1.82) is 0 Å². The zero-order valence-corrected chi connectivity index (χ0v) is 12.1. The molecule has 0 spiro atoms. The second-order valence-electron chi connectivity index (χ2n) is 5.11. The van der Waals surface area contributed by atoms with E-state index in [2.05, 4.69) is 15.0 Å². The third-order valence-electron chi connectivity index (χ3n) is 3.65. The Morgan fingerprint density at radius 1 is 1.29 bits per heavy atom. The predicted octanol–water partition coefficient (Wildman–Crippen LogP) is 2.65. The summed E-state index contributed by atoms with van der Waals surface area (Å²) in [7, 11) is 1.13. The lowest BCUT2D eigenvalue weighted by atomic mass is 10.1. The molecule has 0 radical (unpaired) electrons. The number of ether oxygens (including phenoxy) is 1. The molecule has 0 bridgehead atoms. The zero-order chi connectivity index (χ0) is 15.2. The van der Waals surface area contributed by atoms with Crippen molar-refractivity contribution in [2.75, 3.05) is 38.6 Å². The first-order valence-electron chi connectivity index (χ1n) is 7.16. The number of anilines is 1. The van der Waals surface area contributed by atoms with E-state index in [4.69, 9.17) is 0 Å². The van der Waals surface area contributed by atoms with Gasteiger partial charge >= 0.3 is 5.97 Å². The van der Waals surface area contributed by atoms with Crippen molar-refractivity contribution in [1.82, 2.24) is 4.90 Å². The van der Waals surface area contributed by atoms with E-state index in [1.165, 1.54) is 25.0 Å². The number of rotatable bonds is 6. The van der Waals surface area contributed by atoms with Gasteiger partial charge in [-0.15, -0.1) is 0 Å². The molecule has 1 heterocycles. The number of nitrogens with one attached hydrogen (secondary N) is 1. The molecular formula is C15H20F2N2O2. The van der Waals surface area contributed by atoms with Crippen LogP contribution in [0.1, 0.15) is 29.6 Å². The molecule has 2 rings (SSSR count). The molecule has 1 saturated heterocycles. The molecule has 4 nitrogen and oxygen atoms in total. The Morgan fingerprint density at radius 3 is 2.67 bits per heavy atom. The molecule has 0 amide bonds. The molecule has 1 aliphatic heterocycles. The Labute approximate surface area is 123 Å². The van der Waals surface area contributed by atoms with Crippen LogP contribution >= 0.6 is 0 Å². The van der Waals surface area contributed by atoms with Crippen LogP contribution in [-0.2, 0) is 4.74 Å². The minimum absolute atomic E-state index is 0.0709. The highest BCUT2D eigenvalue weighted by molar-refractivity contribution is 5.90. The zero-order valence-electron chi connectivity index (χ0n) is 12.1. The number of methoxy groups -OCH3 is 1. The smallest absolute Gasteiger partial charge is 0.340 e. The fraction of sp³-hybridized carbons (Fsp3) is 0.533. The summed E-state index contributed by atoms with van der Waals surface area (Å²) in [6.07, 6.45) is 3.34. The van der Waals surface area contributed by atoms with Gasteiger partial charge in [0.25, 0.3) is 0 Å². The maximum Gasteiger partial charge on any atom is 0.340 e. The predicted molar refractivity (Wildman–Crippen MR) is 76.5 cm³/mol. The fourth-order valence-electron chi connectivity index (χ4n) is 2.49. The van der Waals surface area contributed by atoms with E-state index in [1.807, 2.05) is 0 Å². The molecule has 0 saturated carbocycles. The van der Waals surface area contributed by atoms with Gasteiger partial charge in [0.15, 0.2) is 11.6 Å². The van der Waals surface area contributed by atoms with Crippen LogP contribution in [0.3, 0.4) is 0 Å². The summed E-state index contributed by atoms with van der Waals surface area (Å²) in [6.45, 7) is 3.76. The van der Waals surface area contributed by atoms with Crippen molar-refractivity contribution in [3.05, 3.63) is 29.3 Å². The minimum atomic E-state index is -1.17. The Balaban J connectivity index is 1.88. The third-order valence-corrected chi connectivity index (χ3v) is 3.65. The lowest BCUT2D eigenvalue weighted by molar-refractivity contribution is 0.0594. The number of esters is 1. The van der Waals surface area contributed by atoms with Gasteiger partial charge in [-0.3, -0.25) is 0 Å². The molecule has 0 atom stereocenters. The molecule has 0 aromatic heterocycles. The first kappa shape index (κ1) is 15.7. The van der Waals surface area contributed by atoms with E-state index in [1.54, 1.807) is 0 Å². The Kier molecular flexibility index (Phi) is 5.50. The molecule has 1 N–H and O–H groups in total. The Morgan fingerprint density at radius 2 is 2.00 bits per heavy atom. The second-order valence-corrected chi connectivity index (χ2v) is 5.11. The van der Waals surface area contributed by atoms with E-state index in [0.29, 0.717) is 6.54 Å². The van der Waals surface area contributed by atoms with E-state index in [0.717, 1.165) is 33.2 Å². The van der Waals surface area contributed by atoms with Crippen LogP contribution < -0.4 is 5.32 Å². The van der Waals surface area contributed by atoms with Crippen LogP contribution in [-0.4, -0.2) is 44.2 Å². The highest BCUT2D eigenvalue weighted by Gasteiger charge is 2.19. The lowest BCUT2D eigenvalue weighted by Crippen LogP contribution is -2.22. The maximum atomic E-state index is 13.8. The number of carbonyl (C=O) groups excluding carboxylic acids is 1. The van der Waals surface area contributed by atoms with Gasteiger partial charge in [-0.25, -0.2) is 13.6 Å². The van der Waals surface area contributed by atoms with Gasteiger partial charge in [-0.05, 0) is 51.0 Å². The Bertz CT molecular complexity index is 503. The van der Waals surface area contributed by atoms with Gasteiger partial charge in [-0.2, -0.15) is 0 Å². The van der Waals surface area contributed by atoms with Gasteiger partial charge in [0, 0.05) is 6.54 Å². The standard InChI is InChI=1S/C15H20F2N2O2/c1-21-15(20)11-5-6-12(14(17)13(11)16)18-7-4-10-19-8-2-3-9-19/h5-6,18H,2-4,7-10H2,1H3. The number of carbonyl (C=O) groups is 1. The van der Waals surface area contributed by atoms with Crippen LogP contribution in [0.2, 0.25) is 0 Å². The largest absolute Gasteiger partial charge is 0.465 e. The normalized spacial score (nSPS) is 15.2. The number of hydrogen-bond acceptors (Lipinski definition) is 4. The van der Waals surface area contributed by atoms with E-state index in [9.17, 15) is 13.6 Å². The van der Waals surface area contributed by atoms with Crippen molar-refractivity contribution < 1.29 is 18.3 Å². The summed E-state index contributed by atoms with van der Waals surface area (Å²) in [6, 6.07) is 2.59. The average Bonchev–Trinajstić information content (AvgIpc) is 3.00. The number of nitrogens with zero attached hydrogens (tertiary/aromatic N) is 1. The molecule has 21 heavy (non-hydrogen) atoms. The first-order chi connectivity index (χ1) is 10.1. The summed E-state index contributed by atoms with van der Waals surface area (Å²) in [4.78, 5) is 13.6. The molecular weight excluding hydrogens is 278 g/mol. The van der Waals surface area contributed by atoms with E-state index >= 15 is 0 Å². The molecule has 1 aliphatic rings. The number of benzene rings is 1. The second kappa shape index (κ2) is 7.36. The number of likely N-dealkylation sites (tertiary alicyclic amines) is 1. The van der Waals surface area contributed by atoms with Crippen molar-refractivity contribution in [3.8, 4) is 0 Å². The maximum absolute atomic E-state index is 13.8. The van der Waals surface area contributed by atoms with Crippen LogP contribution in [0, 0.1) is 11.6 Å². The highest BCUT2D eigenvalue weighted by atomic mass is 19.2. The highest BCUT2D eigenvalue weighted by Crippen LogP contribution is 2.21. The summed E-state index contributed by atoms with van der Waals surface area (Å²) in [5.74, 6) is -3.10. The first-order valence-corrected chi connectivity index (χ1v) is 7.16. The summed E-state index contributed by atoms with van der Waals surface area (Å²) in [5, 5.41) is 2.87. The molecule has 6 heteroatoms. The summed E-state index contributed by atoms with van der Waals surface area (Å²) in [5.41, 5.74) is -0.320. The van der Waals surface area contributed by atoms with E-state index < -0.39 is 23.2 Å². The molecule has 0 aliphatic carbocycles. The molecule has 116 valence electrons. The van der Waals surface area contributed by atoms with Gasteiger partial charge < -0.3 is 15.0 Å². The van der Waals surface area contributed by atoms with Crippen LogP contribution in [0.5, 0.6) is 0 Å². The van der Waals surface area contributed by atoms with Crippen LogP contribution in [0.4, 0.5) is 14.5 Å². The molecule has 1 fully saturated rings. The molecule has 0 unspecified atom stereocenters. The van der Waals surface area contributed by atoms with Gasteiger partial charge in [0.05, 0.1) is 18.4 Å². The summed E-state index contributed by atoms with van der Waals surface area (Å²) >= 11 is 0. The lowest BCUT2D eigenvalue weighted by Gasteiger charge is -2.15. The van der Waals surface area contributed by atoms with Crippen molar-refractivity contribution in [2.24, 2.45) is 0 Å². The van der Waals surface area contributed by atoms with Gasteiger partial charge in [0.1, 0.15) is 0 Å². The van der Waals surface area contributed by atoms with Gasteiger partial charge in [0.2, 0.25) is 0 Å². The summed E-state index contributed by atoms with van der Waals surface area (Å²) < 4.78 is 32.0.